The van der Waals surface area contributed by atoms with Gasteiger partial charge in [-0.05, 0) is 60.2 Å². The Balaban J connectivity index is 1.48. The fraction of sp³-hybridized carbons (Fsp3) is 0.0870. The molecule has 0 aliphatic heterocycles. The van der Waals surface area contributed by atoms with Gasteiger partial charge in [-0.2, -0.15) is 5.10 Å². The Labute approximate surface area is 187 Å². The van der Waals surface area contributed by atoms with Gasteiger partial charge in [-0.25, -0.2) is 10.2 Å². The summed E-state index contributed by atoms with van der Waals surface area (Å²) in [6, 6.07) is 20.7. The van der Waals surface area contributed by atoms with E-state index in [1.165, 1.54) is 13.3 Å². The highest BCUT2D eigenvalue weighted by Crippen LogP contribution is 2.25. The fourth-order valence-electron chi connectivity index (χ4n) is 2.50. The van der Waals surface area contributed by atoms with E-state index in [4.69, 9.17) is 14.2 Å². The van der Waals surface area contributed by atoms with E-state index in [-0.39, 0.29) is 6.61 Å². The maximum atomic E-state index is 12.2. The molecule has 0 saturated carbocycles. The van der Waals surface area contributed by atoms with Crippen LogP contribution < -0.4 is 19.6 Å². The van der Waals surface area contributed by atoms with Gasteiger partial charge in [0.2, 0.25) is 0 Å². The second-order valence-electron chi connectivity index (χ2n) is 6.20. The number of hydrogen-bond acceptors (Lipinski definition) is 6. The first-order valence-electron chi connectivity index (χ1n) is 9.20. The number of nitrogens with one attached hydrogen (secondary N) is 1. The van der Waals surface area contributed by atoms with Crippen molar-refractivity contribution in [1.82, 2.24) is 5.43 Å². The number of rotatable bonds is 8. The van der Waals surface area contributed by atoms with Crippen LogP contribution in [-0.4, -0.2) is 31.8 Å². The number of carbonyl (C=O) groups excluding carboxylic acids is 2. The van der Waals surface area contributed by atoms with Gasteiger partial charge < -0.3 is 14.2 Å². The Hall–Kier alpha value is -3.65. The molecule has 0 heterocycles. The van der Waals surface area contributed by atoms with E-state index in [1.54, 1.807) is 60.7 Å². The van der Waals surface area contributed by atoms with E-state index in [0.717, 1.165) is 4.47 Å². The minimum Gasteiger partial charge on any atom is -0.493 e. The van der Waals surface area contributed by atoms with E-state index in [2.05, 4.69) is 26.5 Å². The molecule has 0 atom stereocenters. The van der Waals surface area contributed by atoms with Gasteiger partial charge in [-0.15, -0.1) is 0 Å². The molecular weight excluding hydrogens is 464 g/mol. The van der Waals surface area contributed by atoms with Crippen LogP contribution in [0.5, 0.6) is 17.2 Å². The van der Waals surface area contributed by atoms with Crippen molar-refractivity contribution in [1.29, 1.82) is 0 Å². The lowest BCUT2D eigenvalue weighted by Crippen LogP contribution is -2.24. The Kier molecular flexibility index (Phi) is 7.78. The van der Waals surface area contributed by atoms with Crippen molar-refractivity contribution < 1.29 is 23.8 Å². The van der Waals surface area contributed by atoms with Gasteiger partial charge in [0.1, 0.15) is 5.75 Å². The molecule has 1 N–H and O–H groups in total. The lowest BCUT2D eigenvalue weighted by atomic mass is 10.2. The molecule has 3 rings (SSSR count). The Morgan fingerprint density at radius 1 is 1.00 bits per heavy atom. The summed E-state index contributed by atoms with van der Waals surface area (Å²) in [7, 11) is 1.53. The fourth-order valence-corrected chi connectivity index (χ4v) is 2.90. The molecule has 0 fully saturated rings. The molecule has 158 valence electrons. The summed E-state index contributed by atoms with van der Waals surface area (Å²) in [5.74, 6) is 0.541. The summed E-state index contributed by atoms with van der Waals surface area (Å²) in [4.78, 5) is 24.1. The average Bonchev–Trinajstić information content (AvgIpc) is 2.79. The summed E-state index contributed by atoms with van der Waals surface area (Å²) in [6.07, 6.45) is 1.47. The van der Waals surface area contributed by atoms with Crippen molar-refractivity contribution in [3.8, 4) is 17.2 Å². The number of esters is 1. The van der Waals surface area contributed by atoms with Crippen molar-refractivity contribution in [2.24, 2.45) is 5.10 Å². The molecule has 3 aromatic rings. The zero-order valence-corrected chi connectivity index (χ0v) is 18.2. The number of halogens is 1. The molecule has 1 amide bonds. The standard InChI is InChI=1S/C23H19BrN2O5/c1-29-20-7-2-3-8-21(20)30-15-22(27)26-25-14-16-9-11-19(12-10-16)31-23(28)17-5-4-6-18(24)13-17/h2-14H,15H2,1H3,(H,26,27). The monoisotopic (exact) mass is 482 g/mol. The highest BCUT2D eigenvalue weighted by molar-refractivity contribution is 9.10. The predicted octanol–water partition coefficient (Wildman–Crippen LogP) is 4.21. The molecule has 8 heteroatoms. The summed E-state index contributed by atoms with van der Waals surface area (Å²) in [6.45, 7) is -0.206. The molecule has 0 aromatic heterocycles. The van der Waals surface area contributed by atoms with Gasteiger partial charge in [-0.3, -0.25) is 4.79 Å². The number of methoxy groups -OCH3 is 1. The molecule has 0 bridgehead atoms. The second kappa shape index (κ2) is 10.9. The number of amides is 1. The molecule has 0 radical (unpaired) electrons. The van der Waals surface area contributed by atoms with E-state index >= 15 is 0 Å². The molecule has 0 aliphatic rings. The van der Waals surface area contributed by atoms with Crippen LogP contribution in [0.3, 0.4) is 0 Å². The van der Waals surface area contributed by atoms with Crippen LogP contribution in [0, 0.1) is 0 Å². The predicted molar refractivity (Wildman–Crippen MR) is 120 cm³/mol. The third kappa shape index (κ3) is 6.68. The molecule has 7 nitrogen and oxygen atoms in total. The number of ether oxygens (including phenoxy) is 3. The van der Waals surface area contributed by atoms with Gasteiger partial charge in [0, 0.05) is 4.47 Å². The third-order valence-corrected chi connectivity index (χ3v) is 4.47. The second-order valence-corrected chi connectivity index (χ2v) is 7.12. The van der Waals surface area contributed by atoms with Crippen molar-refractivity contribution in [3.05, 3.63) is 88.4 Å². The van der Waals surface area contributed by atoms with Crippen molar-refractivity contribution in [2.75, 3.05) is 13.7 Å². The van der Waals surface area contributed by atoms with E-state index in [9.17, 15) is 9.59 Å². The van der Waals surface area contributed by atoms with Crippen molar-refractivity contribution in [2.45, 2.75) is 0 Å². The van der Waals surface area contributed by atoms with Crippen LogP contribution in [-0.2, 0) is 4.79 Å². The lowest BCUT2D eigenvalue weighted by Gasteiger charge is -2.09. The molecule has 0 saturated heterocycles. The number of hydrazone groups is 1. The van der Waals surface area contributed by atoms with Crippen LogP contribution in [0.15, 0.2) is 82.4 Å². The number of hydrogen-bond donors (Lipinski definition) is 1. The quantitative estimate of drug-likeness (QED) is 0.225. The van der Waals surface area contributed by atoms with Crippen molar-refractivity contribution >= 4 is 34.0 Å². The van der Waals surface area contributed by atoms with Gasteiger partial charge in [0.15, 0.2) is 18.1 Å². The van der Waals surface area contributed by atoms with Crippen LogP contribution in [0.1, 0.15) is 15.9 Å². The average molecular weight is 483 g/mol. The first-order valence-corrected chi connectivity index (χ1v) is 10.00. The zero-order valence-electron chi connectivity index (χ0n) is 16.6. The molecular formula is C23H19BrN2O5. The number of para-hydroxylation sites is 2. The minimum absolute atomic E-state index is 0.206. The highest BCUT2D eigenvalue weighted by Gasteiger charge is 2.09. The SMILES string of the molecule is COc1ccccc1OCC(=O)NN=Cc1ccc(OC(=O)c2cccc(Br)c2)cc1. The largest absolute Gasteiger partial charge is 0.493 e. The van der Waals surface area contributed by atoms with Gasteiger partial charge in [0.25, 0.3) is 5.91 Å². The zero-order chi connectivity index (χ0) is 22.1. The molecule has 31 heavy (non-hydrogen) atoms. The maximum Gasteiger partial charge on any atom is 0.343 e. The third-order valence-electron chi connectivity index (χ3n) is 3.98. The van der Waals surface area contributed by atoms with Gasteiger partial charge in [0.05, 0.1) is 18.9 Å². The summed E-state index contributed by atoms with van der Waals surface area (Å²) >= 11 is 3.32. The normalized spacial score (nSPS) is 10.5. The van der Waals surface area contributed by atoms with Crippen LogP contribution >= 0.6 is 15.9 Å². The number of carbonyl (C=O) groups is 2. The summed E-state index contributed by atoms with van der Waals surface area (Å²) < 4.78 is 16.7. The maximum absolute atomic E-state index is 12.2. The number of benzene rings is 3. The highest BCUT2D eigenvalue weighted by atomic mass is 79.9. The molecule has 0 aliphatic carbocycles. The first-order chi connectivity index (χ1) is 15.0. The summed E-state index contributed by atoms with van der Waals surface area (Å²) in [5.41, 5.74) is 3.55. The minimum atomic E-state index is -0.454. The van der Waals surface area contributed by atoms with Crippen LogP contribution in [0.25, 0.3) is 0 Å². The lowest BCUT2D eigenvalue weighted by molar-refractivity contribution is -0.123. The van der Waals surface area contributed by atoms with Crippen molar-refractivity contribution in [3.63, 3.8) is 0 Å². The number of nitrogens with zero attached hydrogens (tertiary/aromatic N) is 1. The molecule has 0 unspecified atom stereocenters. The molecule has 0 spiro atoms. The Bertz CT molecular complexity index is 1080. The van der Waals surface area contributed by atoms with E-state index in [0.29, 0.717) is 28.4 Å². The summed E-state index contributed by atoms with van der Waals surface area (Å²) in [5, 5.41) is 3.90. The van der Waals surface area contributed by atoms with E-state index < -0.39 is 11.9 Å². The Morgan fingerprint density at radius 3 is 2.45 bits per heavy atom. The van der Waals surface area contributed by atoms with Gasteiger partial charge in [-0.1, -0.05) is 34.1 Å². The smallest absolute Gasteiger partial charge is 0.343 e. The Morgan fingerprint density at radius 2 is 1.74 bits per heavy atom. The van der Waals surface area contributed by atoms with Crippen LogP contribution in [0.2, 0.25) is 0 Å². The first kappa shape index (κ1) is 22.0. The van der Waals surface area contributed by atoms with Crippen LogP contribution in [0.4, 0.5) is 0 Å². The topological polar surface area (TPSA) is 86.2 Å². The van der Waals surface area contributed by atoms with Gasteiger partial charge >= 0.3 is 5.97 Å². The van der Waals surface area contributed by atoms with E-state index in [1.807, 2.05) is 12.1 Å². The molecule has 3 aromatic carbocycles.